The van der Waals surface area contributed by atoms with Gasteiger partial charge in [-0.3, -0.25) is 4.79 Å². The molecular weight excluding hydrogens is 244 g/mol. The van der Waals surface area contributed by atoms with E-state index in [1.54, 1.807) is 5.57 Å². The molecule has 1 heteroatoms. The monoisotopic (exact) mass is 264 g/mol. The van der Waals surface area contributed by atoms with Gasteiger partial charge in [0.25, 0.3) is 0 Å². The second-order valence-corrected chi connectivity index (χ2v) is 7.38. The topological polar surface area (TPSA) is 17.1 Å². The van der Waals surface area contributed by atoms with Crippen LogP contribution in [-0.4, -0.2) is 5.78 Å². The van der Waals surface area contributed by atoms with Crippen LogP contribution in [-0.2, 0) is 4.79 Å². The number of carbonyl (C=O) groups excluding carboxylic acids is 1. The van der Waals surface area contributed by atoms with Crippen LogP contribution in [0.4, 0.5) is 0 Å². The van der Waals surface area contributed by atoms with Crippen molar-refractivity contribution in [3.05, 3.63) is 47.6 Å². The van der Waals surface area contributed by atoms with Gasteiger partial charge >= 0.3 is 0 Å². The van der Waals surface area contributed by atoms with Crippen molar-refractivity contribution in [3.63, 3.8) is 0 Å². The van der Waals surface area contributed by atoms with E-state index in [9.17, 15) is 4.79 Å². The van der Waals surface area contributed by atoms with Crippen molar-refractivity contribution in [1.82, 2.24) is 0 Å². The maximum absolute atomic E-state index is 11.8. The number of carbonyl (C=O) groups is 1. The highest BCUT2D eigenvalue weighted by Crippen LogP contribution is 2.67. The standard InChI is InChI=1S/C19H20O/c20-13-5-7-16-15-6-4-12-2-1-3-14(12)17(15)11-19(8-9-19)18(16)10-13/h1-3,5,7,10,12,15-17H,4,6,8-9,11H2. The Morgan fingerprint density at radius 1 is 1.15 bits per heavy atom. The average molecular weight is 264 g/mol. The van der Waals surface area contributed by atoms with Gasteiger partial charge in [-0.15, -0.1) is 0 Å². The highest BCUT2D eigenvalue weighted by atomic mass is 16.1. The van der Waals surface area contributed by atoms with Gasteiger partial charge in [-0.05, 0) is 67.4 Å². The molecule has 0 aromatic heterocycles. The molecule has 0 amide bonds. The number of hydrogen-bond acceptors (Lipinski definition) is 1. The van der Waals surface area contributed by atoms with Crippen LogP contribution in [0.2, 0.25) is 0 Å². The summed E-state index contributed by atoms with van der Waals surface area (Å²) in [5, 5.41) is 0. The van der Waals surface area contributed by atoms with Crippen molar-refractivity contribution < 1.29 is 4.79 Å². The van der Waals surface area contributed by atoms with E-state index in [0.29, 0.717) is 11.3 Å². The van der Waals surface area contributed by atoms with Crippen LogP contribution in [0.15, 0.2) is 47.6 Å². The summed E-state index contributed by atoms with van der Waals surface area (Å²) in [6.45, 7) is 0. The highest BCUT2D eigenvalue weighted by molar-refractivity contribution is 6.01. The summed E-state index contributed by atoms with van der Waals surface area (Å²) in [7, 11) is 0. The van der Waals surface area contributed by atoms with E-state index >= 15 is 0 Å². The molecule has 0 aromatic carbocycles. The van der Waals surface area contributed by atoms with Crippen LogP contribution in [0, 0.1) is 29.1 Å². The van der Waals surface area contributed by atoms with Gasteiger partial charge < -0.3 is 0 Å². The lowest BCUT2D eigenvalue weighted by Gasteiger charge is -2.49. The lowest BCUT2D eigenvalue weighted by molar-refractivity contribution is -0.110. The molecule has 0 aliphatic heterocycles. The van der Waals surface area contributed by atoms with Crippen molar-refractivity contribution in [3.8, 4) is 0 Å². The fourth-order valence-electron chi connectivity index (χ4n) is 5.38. The second kappa shape index (κ2) is 3.63. The zero-order valence-corrected chi connectivity index (χ0v) is 11.7. The Balaban J connectivity index is 1.59. The molecule has 5 rings (SSSR count). The van der Waals surface area contributed by atoms with Crippen LogP contribution in [0.1, 0.15) is 32.1 Å². The third kappa shape index (κ3) is 1.36. The van der Waals surface area contributed by atoms with Crippen molar-refractivity contribution in [1.29, 1.82) is 0 Å². The molecule has 1 nitrogen and oxygen atoms in total. The highest BCUT2D eigenvalue weighted by Gasteiger charge is 2.57. The Labute approximate surface area is 120 Å². The summed E-state index contributed by atoms with van der Waals surface area (Å²) in [6, 6.07) is 0. The largest absolute Gasteiger partial charge is 0.290 e. The molecule has 5 aliphatic carbocycles. The van der Waals surface area contributed by atoms with Gasteiger partial charge in [-0.2, -0.15) is 0 Å². The Kier molecular flexibility index (Phi) is 2.05. The number of fused-ring (bicyclic) bond motifs is 6. The van der Waals surface area contributed by atoms with Gasteiger partial charge in [-0.1, -0.05) is 35.5 Å². The van der Waals surface area contributed by atoms with E-state index in [-0.39, 0.29) is 5.78 Å². The molecule has 0 radical (unpaired) electrons. The van der Waals surface area contributed by atoms with E-state index in [1.165, 1.54) is 37.7 Å². The van der Waals surface area contributed by atoms with Crippen LogP contribution >= 0.6 is 0 Å². The zero-order valence-electron chi connectivity index (χ0n) is 11.7. The van der Waals surface area contributed by atoms with Crippen LogP contribution in [0.5, 0.6) is 0 Å². The molecule has 4 atom stereocenters. The van der Waals surface area contributed by atoms with E-state index in [2.05, 4.69) is 24.3 Å². The fourth-order valence-corrected chi connectivity index (χ4v) is 5.38. The van der Waals surface area contributed by atoms with E-state index in [4.69, 9.17) is 0 Å². The van der Waals surface area contributed by atoms with E-state index in [1.807, 2.05) is 12.2 Å². The fraction of sp³-hybridized carbons (Fsp3) is 0.526. The number of ketones is 1. The Bertz CT molecular complexity index is 612. The molecule has 0 heterocycles. The first-order valence-electron chi connectivity index (χ1n) is 8.09. The first kappa shape index (κ1) is 11.3. The number of rotatable bonds is 0. The zero-order chi connectivity index (χ0) is 13.3. The maximum Gasteiger partial charge on any atom is 0.178 e. The summed E-state index contributed by atoms with van der Waals surface area (Å²) >= 11 is 0. The lowest BCUT2D eigenvalue weighted by atomic mass is 9.55. The van der Waals surface area contributed by atoms with Crippen molar-refractivity contribution in [2.75, 3.05) is 0 Å². The molecule has 5 aliphatic rings. The summed E-state index contributed by atoms with van der Waals surface area (Å²) in [4.78, 5) is 11.8. The average Bonchev–Trinajstić information content (AvgIpc) is 3.05. The molecule has 0 N–H and O–H groups in total. The third-order valence-corrected chi connectivity index (χ3v) is 6.48. The van der Waals surface area contributed by atoms with Gasteiger partial charge in [0.05, 0.1) is 0 Å². The Morgan fingerprint density at radius 3 is 2.90 bits per heavy atom. The summed E-state index contributed by atoms with van der Waals surface area (Å²) in [5.74, 6) is 3.02. The van der Waals surface area contributed by atoms with Crippen molar-refractivity contribution in [2.24, 2.45) is 29.1 Å². The summed E-state index contributed by atoms with van der Waals surface area (Å²) < 4.78 is 0. The minimum atomic E-state index is 0.219. The van der Waals surface area contributed by atoms with Gasteiger partial charge in [0.2, 0.25) is 0 Å². The molecule has 3 saturated carbocycles. The maximum atomic E-state index is 11.8. The SMILES string of the molecule is O=C1C=CC2C(=C1)C1(CC1)CC1C3=CC=CC3CCC21. The van der Waals surface area contributed by atoms with Crippen LogP contribution in [0.25, 0.3) is 0 Å². The molecule has 4 unspecified atom stereocenters. The molecule has 0 bridgehead atoms. The van der Waals surface area contributed by atoms with Crippen molar-refractivity contribution in [2.45, 2.75) is 32.1 Å². The predicted molar refractivity (Wildman–Crippen MR) is 78.9 cm³/mol. The molecule has 3 fully saturated rings. The van der Waals surface area contributed by atoms with Gasteiger partial charge in [0.15, 0.2) is 5.78 Å². The molecule has 0 saturated heterocycles. The van der Waals surface area contributed by atoms with E-state index < -0.39 is 0 Å². The van der Waals surface area contributed by atoms with Gasteiger partial charge in [-0.25, -0.2) is 0 Å². The lowest BCUT2D eigenvalue weighted by Crippen LogP contribution is -2.40. The Morgan fingerprint density at radius 2 is 2.05 bits per heavy atom. The minimum absolute atomic E-state index is 0.219. The second-order valence-electron chi connectivity index (χ2n) is 7.38. The quantitative estimate of drug-likeness (QED) is 0.646. The summed E-state index contributed by atoms with van der Waals surface area (Å²) in [6.07, 6.45) is 19.7. The van der Waals surface area contributed by atoms with Gasteiger partial charge in [0.1, 0.15) is 0 Å². The molecule has 102 valence electrons. The molecule has 20 heavy (non-hydrogen) atoms. The predicted octanol–water partition coefficient (Wildman–Crippen LogP) is 3.99. The first-order chi connectivity index (χ1) is 9.77. The van der Waals surface area contributed by atoms with Crippen LogP contribution < -0.4 is 0 Å². The smallest absolute Gasteiger partial charge is 0.178 e. The first-order valence-corrected chi connectivity index (χ1v) is 8.09. The number of hydrogen-bond donors (Lipinski definition) is 0. The van der Waals surface area contributed by atoms with E-state index in [0.717, 1.165) is 17.8 Å². The Hall–Kier alpha value is -1.37. The normalized spacial score (nSPS) is 42.7. The molecule has 1 spiro atoms. The summed E-state index contributed by atoms with van der Waals surface area (Å²) in [5.41, 5.74) is 3.60. The minimum Gasteiger partial charge on any atom is -0.290 e. The molecular formula is C19H20O. The third-order valence-electron chi connectivity index (χ3n) is 6.48. The van der Waals surface area contributed by atoms with Crippen LogP contribution in [0.3, 0.4) is 0 Å². The number of allylic oxidation sites excluding steroid dienone is 8. The van der Waals surface area contributed by atoms with Crippen molar-refractivity contribution >= 4 is 5.78 Å². The van der Waals surface area contributed by atoms with Gasteiger partial charge in [0, 0.05) is 5.92 Å². The molecule has 0 aromatic rings.